The lowest BCUT2D eigenvalue weighted by Gasteiger charge is -2.42. The van der Waals surface area contributed by atoms with Gasteiger partial charge in [0.1, 0.15) is 0 Å². The first-order valence-corrected chi connectivity index (χ1v) is 8.91. The van der Waals surface area contributed by atoms with Crippen LogP contribution < -0.4 is 16.0 Å². The number of carbonyl (C=O) groups excluding carboxylic acids is 1. The average molecular weight is 346 g/mol. The van der Waals surface area contributed by atoms with Crippen molar-refractivity contribution in [3.63, 3.8) is 0 Å². The molecule has 6 nitrogen and oxygen atoms in total. The summed E-state index contributed by atoms with van der Waals surface area (Å²) in [5.41, 5.74) is 1.40. The third-order valence-corrected chi connectivity index (χ3v) is 4.85. The summed E-state index contributed by atoms with van der Waals surface area (Å²) in [6.45, 7) is 2.39. The van der Waals surface area contributed by atoms with Crippen molar-refractivity contribution in [3.8, 4) is 0 Å². The molecule has 0 saturated heterocycles. The van der Waals surface area contributed by atoms with Crippen molar-refractivity contribution in [2.45, 2.75) is 32.2 Å². The summed E-state index contributed by atoms with van der Waals surface area (Å²) < 4.78 is 5.22. The molecule has 25 heavy (non-hydrogen) atoms. The Morgan fingerprint density at radius 1 is 1.20 bits per heavy atom. The van der Waals surface area contributed by atoms with Crippen LogP contribution in [0.25, 0.3) is 0 Å². The summed E-state index contributed by atoms with van der Waals surface area (Å²) in [7, 11) is 3.47. The van der Waals surface area contributed by atoms with E-state index in [1.54, 1.807) is 14.2 Å². The fraction of sp³-hybridized carbons (Fsp3) is 0.579. The van der Waals surface area contributed by atoms with Crippen molar-refractivity contribution >= 4 is 11.9 Å². The highest BCUT2D eigenvalue weighted by molar-refractivity contribution is 5.86. The molecule has 1 aliphatic rings. The number of nitrogens with one attached hydrogen (secondary N) is 3. The van der Waals surface area contributed by atoms with E-state index in [0.717, 1.165) is 25.1 Å². The van der Waals surface area contributed by atoms with Crippen LogP contribution in [-0.4, -0.2) is 45.7 Å². The number of guanidine groups is 1. The molecule has 0 aromatic heterocycles. The van der Waals surface area contributed by atoms with E-state index in [-0.39, 0.29) is 12.5 Å². The van der Waals surface area contributed by atoms with E-state index in [4.69, 9.17) is 4.74 Å². The van der Waals surface area contributed by atoms with Gasteiger partial charge in [0, 0.05) is 33.9 Å². The van der Waals surface area contributed by atoms with E-state index in [1.165, 1.54) is 19.3 Å². The summed E-state index contributed by atoms with van der Waals surface area (Å²) in [5, 5.41) is 9.33. The average Bonchev–Trinajstić information content (AvgIpc) is 2.62. The maximum absolute atomic E-state index is 12.0. The van der Waals surface area contributed by atoms with Crippen molar-refractivity contribution in [2.24, 2.45) is 10.4 Å². The lowest BCUT2D eigenvalue weighted by molar-refractivity contribution is -0.120. The minimum atomic E-state index is -0.0513. The van der Waals surface area contributed by atoms with Gasteiger partial charge in [-0.2, -0.15) is 0 Å². The van der Waals surface area contributed by atoms with E-state index in [2.05, 4.69) is 20.9 Å². The Kier molecular flexibility index (Phi) is 7.73. The fourth-order valence-corrected chi connectivity index (χ4v) is 3.03. The van der Waals surface area contributed by atoms with Gasteiger partial charge >= 0.3 is 0 Å². The molecular weight excluding hydrogens is 316 g/mol. The molecule has 0 bridgehead atoms. The monoisotopic (exact) mass is 346 g/mol. The molecule has 1 fully saturated rings. The molecule has 3 N–H and O–H groups in total. The molecule has 1 aromatic rings. The Balaban J connectivity index is 1.68. The largest absolute Gasteiger partial charge is 0.385 e. The SMILES string of the molecule is CN=C(NCC(=O)NCc1ccccc1)NCC1(CCOC)CCC1. The summed E-state index contributed by atoms with van der Waals surface area (Å²) in [5.74, 6) is 0.614. The van der Waals surface area contributed by atoms with Gasteiger partial charge in [0.05, 0.1) is 6.54 Å². The number of amides is 1. The third kappa shape index (κ3) is 6.38. The first-order chi connectivity index (χ1) is 12.2. The number of aliphatic imine (C=N–C) groups is 1. The second-order valence-electron chi connectivity index (χ2n) is 6.64. The van der Waals surface area contributed by atoms with Gasteiger partial charge in [-0.3, -0.25) is 9.79 Å². The lowest BCUT2D eigenvalue weighted by Crippen LogP contribution is -2.48. The molecule has 6 heteroatoms. The zero-order chi connectivity index (χ0) is 18.0. The number of rotatable bonds is 9. The van der Waals surface area contributed by atoms with Gasteiger partial charge in [-0.15, -0.1) is 0 Å². The van der Waals surface area contributed by atoms with Gasteiger partial charge in [0.2, 0.25) is 5.91 Å². The smallest absolute Gasteiger partial charge is 0.239 e. The Morgan fingerprint density at radius 2 is 1.96 bits per heavy atom. The van der Waals surface area contributed by atoms with Gasteiger partial charge in [-0.25, -0.2) is 0 Å². The summed E-state index contributed by atoms with van der Waals surface area (Å²) in [6, 6.07) is 9.87. The van der Waals surface area contributed by atoms with E-state index >= 15 is 0 Å². The normalized spacial score (nSPS) is 16.0. The Labute approximate surface area is 150 Å². The van der Waals surface area contributed by atoms with Crippen molar-refractivity contribution in [1.82, 2.24) is 16.0 Å². The number of hydrogen-bond donors (Lipinski definition) is 3. The van der Waals surface area contributed by atoms with Crippen LogP contribution in [0.15, 0.2) is 35.3 Å². The number of carbonyl (C=O) groups is 1. The van der Waals surface area contributed by atoms with Crippen LogP contribution in [0.1, 0.15) is 31.2 Å². The highest BCUT2D eigenvalue weighted by Crippen LogP contribution is 2.43. The molecule has 1 aromatic carbocycles. The Morgan fingerprint density at radius 3 is 2.56 bits per heavy atom. The quantitative estimate of drug-likeness (QED) is 0.470. The topological polar surface area (TPSA) is 74.8 Å². The minimum absolute atomic E-state index is 0.0513. The molecule has 0 spiro atoms. The molecule has 0 radical (unpaired) electrons. The van der Waals surface area contributed by atoms with E-state index < -0.39 is 0 Å². The number of hydrogen-bond acceptors (Lipinski definition) is 3. The molecule has 1 saturated carbocycles. The van der Waals surface area contributed by atoms with Crippen LogP contribution in [0.5, 0.6) is 0 Å². The van der Waals surface area contributed by atoms with Crippen LogP contribution in [-0.2, 0) is 16.1 Å². The minimum Gasteiger partial charge on any atom is -0.385 e. The molecule has 2 rings (SSSR count). The Bertz CT molecular complexity index is 556. The van der Waals surface area contributed by atoms with Crippen molar-refractivity contribution in [1.29, 1.82) is 0 Å². The second-order valence-corrected chi connectivity index (χ2v) is 6.64. The lowest BCUT2D eigenvalue weighted by atomic mass is 9.67. The fourth-order valence-electron chi connectivity index (χ4n) is 3.03. The number of ether oxygens (including phenoxy) is 1. The molecule has 0 unspecified atom stereocenters. The van der Waals surface area contributed by atoms with Crippen LogP contribution >= 0.6 is 0 Å². The molecule has 0 atom stereocenters. The summed E-state index contributed by atoms with van der Waals surface area (Å²) >= 11 is 0. The molecule has 138 valence electrons. The number of benzene rings is 1. The van der Waals surface area contributed by atoms with Crippen molar-refractivity contribution in [2.75, 3.05) is 33.9 Å². The van der Waals surface area contributed by atoms with Crippen molar-refractivity contribution in [3.05, 3.63) is 35.9 Å². The van der Waals surface area contributed by atoms with E-state index in [1.807, 2.05) is 30.3 Å². The van der Waals surface area contributed by atoms with Crippen LogP contribution in [0.2, 0.25) is 0 Å². The van der Waals surface area contributed by atoms with Gasteiger partial charge in [-0.1, -0.05) is 36.8 Å². The van der Waals surface area contributed by atoms with Gasteiger partial charge in [0.15, 0.2) is 5.96 Å². The van der Waals surface area contributed by atoms with Crippen LogP contribution in [0.4, 0.5) is 0 Å². The highest BCUT2D eigenvalue weighted by atomic mass is 16.5. The maximum atomic E-state index is 12.0. The highest BCUT2D eigenvalue weighted by Gasteiger charge is 2.36. The number of methoxy groups -OCH3 is 1. The standard InChI is InChI=1S/C19H30N4O2/c1-20-18(23-15-19(9-6-10-19)11-12-25-2)22-14-17(24)21-13-16-7-4-3-5-8-16/h3-5,7-8H,6,9-15H2,1-2H3,(H,21,24)(H2,20,22,23). The Hall–Kier alpha value is -2.08. The van der Waals surface area contributed by atoms with Crippen LogP contribution in [0, 0.1) is 5.41 Å². The summed E-state index contributed by atoms with van der Waals surface area (Å²) in [4.78, 5) is 16.2. The molecule has 0 heterocycles. The van der Waals surface area contributed by atoms with Gasteiger partial charge < -0.3 is 20.7 Å². The van der Waals surface area contributed by atoms with E-state index in [9.17, 15) is 4.79 Å². The second kappa shape index (κ2) is 10.0. The van der Waals surface area contributed by atoms with Crippen LogP contribution in [0.3, 0.4) is 0 Å². The molecule has 0 aliphatic heterocycles. The third-order valence-electron chi connectivity index (χ3n) is 4.85. The first-order valence-electron chi connectivity index (χ1n) is 8.91. The first kappa shape index (κ1) is 19.2. The zero-order valence-corrected chi connectivity index (χ0v) is 15.3. The van der Waals surface area contributed by atoms with Gasteiger partial charge in [0.25, 0.3) is 0 Å². The molecule has 1 amide bonds. The van der Waals surface area contributed by atoms with Gasteiger partial charge in [-0.05, 0) is 30.2 Å². The maximum Gasteiger partial charge on any atom is 0.239 e. The molecular formula is C19H30N4O2. The zero-order valence-electron chi connectivity index (χ0n) is 15.3. The predicted molar refractivity (Wildman–Crippen MR) is 100 cm³/mol. The van der Waals surface area contributed by atoms with Crippen molar-refractivity contribution < 1.29 is 9.53 Å². The van der Waals surface area contributed by atoms with E-state index in [0.29, 0.717) is 17.9 Å². The number of nitrogens with zero attached hydrogens (tertiary/aromatic N) is 1. The predicted octanol–water partition coefficient (Wildman–Crippen LogP) is 1.67. The summed E-state index contributed by atoms with van der Waals surface area (Å²) in [6.07, 6.45) is 4.78. The molecule has 1 aliphatic carbocycles.